The highest BCUT2D eigenvalue weighted by molar-refractivity contribution is 5.75. The van der Waals surface area contributed by atoms with Crippen LogP contribution in [0.4, 0.5) is 4.79 Å². The smallest absolute Gasteiger partial charge is 0.315 e. The van der Waals surface area contributed by atoms with Gasteiger partial charge in [0.1, 0.15) is 0 Å². The van der Waals surface area contributed by atoms with E-state index in [2.05, 4.69) is 52.2 Å². The van der Waals surface area contributed by atoms with Crippen LogP contribution in [0.5, 0.6) is 0 Å². The summed E-state index contributed by atoms with van der Waals surface area (Å²) in [5, 5.41) is 6.52. The van der Waals surface area contributed by atoms with Crippen molar-refractivity contribution in [3.8, 4) is 0 Å². The zero-order valence-corrected chi connectivity index (χ0v) is 15.5. The topological polar surface area (TPSA) is 41.1 Å². The second kappa shape index (κ2) is 6.41. The first-order chi connectivity index (χ1) is 10.1. The number of urea groups is 1. The molecule has 0 aromatic carbocycles. The highest BCUT2D eigenvalue weighted by Crippen LogP contribution is 2.42. The van der Waals surface area contributed by atoms with Crippen LogP contribution >= 0.6 is 0 Å². The standard InChI is InChI=1S/C19H36N2O/c1-13-10-14-8-7-9-15(11-14)16(13)20-17(22)21-19(5,6)12-18(2,3)4/h13-16H,7-12H2,1-6H3,(H2,20,21,22). The van der Waals surface area contributed by atoms with Gasteiger partial charge in [-0.05, 0) is 62.7 Å². The number of fused-ring (bicyclic) bond motifs is 2. The molecule has 0 radical (unpaired) electrons. The van der Waals surface area contributed by atoms with Gasteiger partial charge in [0.15, 0.2) is 0 Å². The van der Waals surface area contributed by atoms with Crippen LogP contribution in [0.3, 0.4) is 0 Å². The Hall–Kier alpha value is -0.730. The number of hydrogen-bond acceptors (Lipinski definition) is 1. The Kier molecular flexibility index (Phi) is 5.13. The molecule has 2 aliphatic rings. The molecule has 0 spiro atoms. The van der Waals surface area contributed by atoms with Crippen molar-refractivity contribution in [2.75, 3.05) is 0 Å². The van der Waals surface area contributed by atoms with Gasteiger partial charge in [0.2, 0.25) is 0 Å². The summed E-state index contributed by atoms with van der Waals surface area (Å²) in [6.07, 6.45) is 7.61. The van der Waals surface area contributed by atoms with Gasteiger partial charge < -0.3 is 10.6 Å². The lowest BCUT2D eigenvalue weighted by molar-refractivity contribution is 0.0994. The Morgan fingerprint density at radius 2 is 1.77 bits per heavy atom. The quantitative estimate of drug-likeness (QED) is 0.778. The van der Waals surface area contributed by atoms with E-state index >= 15 is 0 Å². The van der Waals surface area contributed by atoms with Gasteiger partial charge in [-0.3, -0.25) is 0 Å². The predicted molar refractivity (Wildman–Crippen MR) is 92.8 cm³/mol. The van der Waals surface area contributed by atoms with E-state index in [-0.39, 0.29) is 17.0 Å². The largest absolute Gasteiger partial charge is 0.335 e. The zero-order valence-electron chi connectivity index (χ0n) is 15.5. The molecule has 2 bridgehead atoms. The molecule has 0 saturated heterocycles. The molecule has 2 N–H and O–H groups in total. The summed E-state index contributed by atoms with van der Waals surface area (Å²) in [6, 6.07) is 0.386. The lowest BCUT2D eigenvalue weighted by Crippen LogP contribution is -2.56. The van der Waals surface area contributed by atoms with Gasteiger partial charge in [0.05, 0.1) is 0 Å². The van der Waals surface area contributed by atoms with Crippen molar-refractivity contribution in [3.05, 3.63) is 0 Å². The number of carbonyl (C=O) groups is 1. The number of nitrogens with one attached hydrogen (secondary N) is 2. The Morgan fingerprint density at radius 3 is 2.41 bits per heavy atom. The monoisotopic (exact) mass is 308 g/mol. The van der Waals surface area contributed by atoms with E-state index in [1.54, 1.807) is 0 Å². The van der Waals surface area contributed by atoms with Crippen LogP contribution in [0.25, 0.3) is 0 Å². The fourth-order valence-corrected chi connectivity index (χ4v) is 5.13. The summed E-state index contributed by atoms with van der Waals surface area (Å²) in [6.45, 7) is 13.2. The van der Waals surface area contributed by atoms with Crippen molar-refractivity contribution in [1.29, 1.82) is 0 Å². The van der Waals surface area contributed by atoms with Gasteiger partial charge in [-0.1, -0.05) is 40.5 Å². The van der Waals surface area contributed by atoms with Crippen molar-refractivity contribution >= 4 is 6.03 Å². The van der Waals surface area contributed by atoms with Gasteiger partial charge >= 0.3 is 6.03 Å². The minimum Gasteiger partial charge on any atom is -0.335 e. The lowest BCUT2D eigenvalue weighted by atomic mass is 9.66. The number of carbonyl (C=O) groups excluding carboxylic acids is 1. The van der Waals surface area contributed by atoms with Gasteiger partial charge in [0, 0.05) is 11.6 Å². The van der Waals surface area contributed by atoms with Crippen molar-refractivity contribution in [2.45, 2.75) is 91.6 Å². The van der Waals surface area contributed by atoms with Crippen molar-refractivity contribution < 1.29 is 4.79 Å². The van der Waals surface area contributed by atoms with Crippen LogP contribution in [-0.2, 0) is 0 Å². The van der Waals surface area contributed by atoms with Gasteiger partial charge in [-0.2, -0.15) is 0 Å². The maximum atomic E-state index is 12.5. The Bertz CT molecular complexity index is 395. The molecule has 22 heavy (non-hydrogen) atoms. The Balaban J connectivity index is 1.90. The van der Waals surface area contributed by atoms with E-state index in [1.807, 2.05) is 0 Å². The summed E-state index contributed by atoms with van der Waals surface area (Å²) in [7, 11) is 0. The van der Waals surface area contributed by atoms with E-state index < -0.39 is 0 Å². The van der Waals surface area contributed by atoms with Crippen LogP contribution in [0.2, 0.25) is 0 Å². The number of hydrogen-bond donors (Lipinski definition) is 2. The molecular formula is C19H36N2O. The lowest BCUT2D eigenvalue weighted by Gasteiger charge is -2.45. The van der Waals surface area contributed by atoms with Crippen LogP contribution in [-0.4, -0.2) is 17.6 Å². The maximum Gasteiger partial charge on any atom is 0.315 e. The molecule has 128 valence electrons. The molecule has 2 aliphatic carbocycles. The highest BCUT2D eigenvalue weighted by atomic mass is 16.2. The molecule has 3 nitrogen and oxygen atoms in total. The molecule has 2 saturated carbocycles. The molecule has 0 aliphatic heterocycles. The maximum absolute atomic E-state index is 12.5. The summed E-state index contributed by atoms with van der Waals surface area (Å²) in [5.41, 5.74) is 0.0425. The predicted octanol–water partition coefficient (Wildman–Crippen LogP) is 4.72. The van der Waals surface area contributed by atoms with E-state index in [4.69, 9.17) is 0 Å². The Morgan fingerprint density at radius 1 is 1.09 bits per heavy atom. The molecule has 4 unspecified atom stereocenters. The zero-order chi connectivity index (χ0) is 16.5. The first kappa shape index (κ1) is 17.6. The van der Waals surface area contributed by atoms with Gasteiger partial charge in [0.25, 0.3) is 0 Å². The number of rotatable bonds is 3. The molecule has 2 fully saturated rings. The van der Waals surface area contributed by atoms with Crippen molar-refractivity contribution in [2.24, 2.45) is 23.2 Å². The summed E-state index contributed by atoms with van der Waals surface area (Å²) in [5.74, 6) is 2.21. The molecular weight excluding hydrogens is 272 g/mol. The summed E-state index contributed by atoms with van der Waals surface area (Å²) in [4.78, 5) is 12.5. The van der Waals surface area contributed by atoms with E-state index in [9.17, 15) is 4.79 Å². The molecule has 2 amide bonds. The first-order valence-electron chi connectivity index (χ1n) is 9.14. The second-order valence-electron chi connectivity index (χ2n) is 9.75. The van der Waals surface area contributed by atoms with Gasteiger partial charge in [-0.25, -0.2) is 4.79 Å². The molecule has 0 heterocycles. The van der Waals surface area contributed by atoms with E-state index in [0.29, 0.717) is 17.9 Å². The Labute approximate surface area is 137 Å². The van der Waals surface area contributed by atoms with Crippen LogP contribution < -0.4 is 10.6 Å². The first-order valence-corrected chi connectivity index (χ1v) is 9.14. The second-order valence-corrected chi connectivity index (χ2v) is 9.75. The summed E-state index contributed by atoms with van der Waals surface area (Å²) < 4.78 is 0. The van der Waals surface area contributed by atoms with Crippen LogP contribution in [0.1, 0.15) is 80.1 Å². The third kappa shape index (κ3) is 4.89. The molecule has 2 rings (SSSR count). The van der Waals surface area contributed by atoms with E-state index in [0.717, 1.165) is 12.3 Å². The van der Waals surface area contributed by atoms with E-state index in [1.165, 1.54) is 32.1 Å². The average Bonchev–Trinajstić information content (AvgIpc) is 2.30. The molecule has 3 heteroatoms. The van der Waals surface area contributed by atoms with Crippen LogP contribution in [0, 0.1) is 23.2 Å². The SMILES string of the molecule is CC1CC2CCCC(C2)C1NC(=O)NC(C)(C)CC(C)(C)C. The van der Waals surface area contributed by atoms with Crippen molar-refractivity contribution in [1.82, 2.24) is 10.6 Å². The normalized spacial score (nSPS) is 32.5. The third-order valence-electron chi connectivity index (χ3n) is 5.37. The van der Waals surface area contributed by atoms with Crippen LogP contribution in [0.15, 0.2) is 0 Å². The fraction of sp³-hybridized carbons (Fsp3) is 0.947. The minimum atomic E-state index is -0.171. The average molecular weight is 309 g/mol. The van der Waals surface area contributed by atoms with Crippen molar-refractivity contribution in [3.63, 3.8) is 0 Å². The summed E-state index contributed by atoms with van der Waals surface area (Å²) >= 11 is 0. The third-order valence-corrected chi connectivity index (χ3v) is 5.37. The number of amides is 2. The molecule has 0 aromatic rings. The molecule has 0 aromatic heterocycles. The fourth-order valence-electron chi connectivity index (χ4n) is 5.13. The molecule has 4 atom stereocenters. The van der Waals surface area contributed by atoms with Gasteiger partial charge in [-0.15, -0.1) is 0 Å². The minimum absolute atomic E-state index is 0.0233. The highest BCUT2D eigenvalue weighted by Gasteiger charge is 2.39.